The van der Waals surface area contributed by atoms with Gasteiger partial charge in [-0.2, -0.15) is 0 Å². The molecule has 1 aliphatic rings. The fourth-order valence-corrected chi connectivity index (χ4v) is 3.06. The average molecular weight is 263 g/mol. The van der Waals surface area contributed by atoms with Crippen molar-refractivity contribution in [1.29, 1.82) is 0 Å². The van der Waals surface area contributed by atoms with Gasteiger partial charge in [-0.25, -0.2) is 0 Å². The van der Waals surface area contributed by atoms with Crippen molar-refractivity contribution < 1.29 is 4.74 Å². The summed E-state index contributed by atoms with van der Waals surface area (Å²) in [6, 6.07) is 4.11. The number of nitrogens with zero attached hydrogens (tertiary/aromatic N) is 1. The lowest BCUT2D eigenvalue weighted by Crippen LogP contribution is -2.50. The van der Waals surface area contributed by atoms with Crippen LogP contribution >= 0.6 is 0 Å². The van der Waals surface area contributed by atoms with Gasteiger partial charge < -0.3 is 4.74 Å². The number of methoxy groups -OCH3 is 1. The minimum absolute atomic E-state index is 0.00176. The molecule has 1 aromatic heterocycles. The zero-order chi connectivity index (χ0) is 13.9. The minimum atomic E-state index is -0.210. The third-order valence-electron chi connectivity index (χ3n) is 4.49. The summed E-state index contributed by atoms with van der Waals surface area (Å²) in [6.45, 7) is 4.29. The van der Waals surface area contributed by atoms with E-state index in [2.05, 4.69) is 23.4 Å². The lowest BCUT2D eigenvalue weighted by Gasteiger charge is -2.43. The van der Waals surface area contributed by atoms with Crippen LogP contribution in [-0.2, 0) is 4.74 Å². The Balaban J connectivity index is 2.25. The van der Waals surface area contributed by atoms with Crippen molar-refractivity contribution in [3.05, 3.63) is 29.6 Å². The second kappa shape index (κ2) is 5.99. The van der Waals surface area contributed by atoms with E-state index in [0.29, 0.717) is 0 Å². The number of aromatic nitrogens is 1. The Labute approximate surface area is 115 Å². The molecule has 1 unspecified atom stereocenters. The topological polar surface area (TPSA) is 60.2 Å². The normalized spacial score (nSPS) is 29.2. The maximum Gasteiger partial charge on any atom is 0.0886 e. The number of aryl methyl sites for hydroxylation is 1. The van der Waals surface area contributed by atoms with Gasteiger partial charge in [-0.15, -0.1) is 0 Å². The number of hydrogen-bond acceptors (Lipinski definition) is 4. The van der Waals surface area contributed by atoms with Crippen molar-refractivity contribution in [2.24, 2.45) is 11.8 Å². The van der Waals surface area contributed by atoms with Crippen molar-refractivity contribution in [3.63, 3.8) is 0 Å². The Morgan fingerprint density at radius 2 is 2.11 bits per heavy atom. The van der Waals surface area contributed by atoms with Gasteiger partial charge in [0.05, 0.1) is 11.6 Å². The molecule has 3 N–H and O–H groups in total. The highest BCUT2D eigenvalue weighted by atomic mass is 16.5. The van der Waals surface area contributed by atoms with Crippen LogP contribution in [0.1, 0.15) is 49.9 Å². The number of ether oxygens (including phenoxy) is 1. The molecule has 0 saturated heterocycles. The third-order valence-corrected chi connectivity index (χ3v) is 4.49. The van der Waals surface area contributed by atoms with Crippen LogP contribution in [0.5, 0.6) is 0 Å². The SMILES string of the molecule is COC1(C(NN)c2ccc(C)nc2)CCC(C)CC1. The maximum absolute atomic E-state index is 5.89. The number of nitrogens with two attached hydrogens (primary N) is 1. The standard InChI is InChI=1S/C15H25N3O/c1-11-6-8-15(19-3,9-7-11)14(18-16)13-5-4-12(2)17-10-13/h4-5,10-11,14,18H,6-9,16H2,1-3H3. The van der Waals surface area contributed by atoms with Crippen molar-refractivity contribution in [3.8, 4) is 0 Å². The van der Waals surface area contributed by atoms with Crippen molar-refractivity contribution >= 4 is 0 Å². The quantitative estimate of drug-likeness (QED) is 0.647. The summed E-state index contributed by atoms with van der Waals surface area (Å²) in [7, 11) is 1.79. The Morgan fingerprint density at radius 1 is 1.42 bits per heavy atom. The highest BCUT2D eigenvalue weighted by molar-refractivity contribution is 5.21. The van der Waals surface area contributed by atoms with E-state index in [1.54, 1.807) is 7.11 Å². The highest BCUT2D eigenvalue weighted by Gasteiger charge is 2.42. The molecule has 106 valence electrons. The molecular formula is C15H25N3O. The summed E-state index contributed by atoms with van der Waals surface area (Å²) in [5, 5.41) is 0. The van der Waals surface area contributed by atoms with Crippen LogP contribution in [0.2, 0.25) is 0 Å². The molecule has 0 aromatic carbocycles. The number of nitrogens with one attached hydrogen (secondary N) is 1. The molecule has 0 bridgehead atoms. The molecule has 1 fully saturated rings. The van der Waals surface area contributed by atoms with Gasteiger partial charge in [-0.1, -0.05) is 13.0 Å². The smallest absolute Gasteiger partial charge is 0.0886 e. The lowest BCUT2D eigenvalue weighted by atomic mass is 9.74. The molecule has 19 heavy (non-hydrogen) atoms. The summed E-state index contributed by atoms with van der Waals surface area (Å²) in [4.78, 5) is 4.37. The monoisotopic (exact) mass is 263 g/mol. The van der Waals surface area contributed by atoms with E-state index in [0.717, 1.165) is 30.0 Å². The first kappa shape index (κ1) is 14.4. The van der Waals surface area contributed by atoms with E-state index < -0.39 is 0 Å². The summed E-state index contributed by atoms with van der Waals surface area (Å²) in [5.74, 6) is 6.59. The van der Waals surface area contributed by atoms with Gasteiger partial charge in [0, 0.05) is 19.0 Å². The average Bonchev–Trinajstić information content (AvgIpc) is 2.44. The Hall–Kier alpha value is -0.970. The second-order valence-corrected chi connectivity index (χ2v) is 5.78. The Morgan fingerprint density at radius 3 is 2.58 bits per heavy atom. The van der Waals surface area contributed by atoms with E-state index in [-0.39, 0.29) is 11.6 Å². The number of hydrogen-bond donors (Lipinski definition) is 2. The van der Waals surface area contributed by atoms with Crippen LogP contribution < -0.4 is 11.3 Å². The molecule has 4 nitrogen and oxygen atoms in total. The fourth-order valence-electron chi connectivity index (χ4n) is 3.06. The first-order valence-corrected chi connectivity index (χ1v) is 7.05. The number of hydrazine groups is 1. The summed E-state index contributed by atoms with van der Waals surface area (Å²) < 4.78 is 5.89. The van der Waals surface area contributed by atoms with Crippen LogP contribution in [0, 0.1) is 12.8 Å². The van der Waals surface area contributed by atoms with Crippen LogP contribution in [0.25, 0.3) is 0 Å². The van der Waals surface area contributed by atoms with Gasteiger partial charge >= 0.3 is 0 Å². The molecule has 1 saturated carbocycles. The Kier molecular flexibility index (Phi) is 4.55. The van der Waals surface area contributed by atoms with E-state index in [9.17, 15) is 0 Å². The van der Waals surface area contributed by atoms with Crippen LogP contribution in [0.15, 0.2) is 18.3 Å². The summed E-state index contributed by atoms with van der Waals surface area (Å²) in [5.41, 5.74) is 4.86. The second-order valence-electron chi connectivity index (χ2n) is 5.78. The molecule has 2 rings (SSSR count). The van der Waals surface area contributed by atoms with E-state index in [1.807, 2.05) is 19.2 Å². The molecule has 0 spiro atoms. The van der Waals surface area contributed by atoms with Crippen LogP contribution in [-0.4, -0.2) is 17.7 Å². The molecule has 1 aliphatic carbocycles. The number of pyridine rings is 1. The van der Waals surface area contributed by atoms with Crippen molar-refractivity contribution in [2.75, 3.05) is 7.11 Å². The molecular weight excluding hydrogens is 238 g/mol. The predicted octanol–water partition coefficient (Wildman–Crippen LogP) is 2.49. The largest absolute Gasteiger partial charge is 0.376 e. The van der Waals surface area contributed by atoms with Gasteiger partial charge in [-0.05, 0) is 50.2 Å². The highest BCUT2D eigenvalue weighted by Crippen LogP contribution is 2.42. The first-order chi connectivity index (χ1) is 9.11. The van der Waals surface area contributed by atoms with Crippen LogP contribution in [0.3, 0.4) is 0 Å². The third kappa shape index (κ3) is 2.96. The lowest BCUT2D eigenvalue weighted by molar-refractivity contribution is -0.0762. The van der Waals surface area contributed by atoms with Gasteiger partial charge in [0.2, 0.25) is 0 Å². The zero-order valence-electron chi connectivity index (χ0n) is 12.1. The van der Waals surface area contributed by atoms with Gasteiger partial charge in [-0.3, -0.25) is 16.3 Å². The predicted molar refractivity (Wildman–Crippen MR) is 76.4 cm³/mol. The molecule has 4 heteroatoms. The molecule has 0 aliphatic heterocycles. The maximum atomic E-state index is 5.89. The minimum Gasteiger partial charge on any atom is -0.376 e. The number of rotatable bonds is 4. The van der Waals surface area contributed by atoms with Gasteiger partial charge in [0.25, 0.3) is 0 Å². The molecule has 0 radical (unpaired) electrons. The first-order valence-electron chi connectivity index (χ1n) is 7.05. The van der Waals surface area contributed by atoms with Crippen molar-refractivity contribution in [1.82, 2.24) is 10.4 Å². The van der Waals surface area contributed by atoms with Gasteiger partial charge in [0.1, 0.15) is 0 Å². The molecule has 1 aromatic rings. The summed E-state index contributed by atoms with van der Waals surface area (Å²) in [6.07, 6.45) is 6.34. The molecule has 1 atom stereocenters. The summed E-state index contributed by atoms with van der Waals surface area (Å²) >= 11 is 0. The van der Waals surface area contributed by atoms with E-state index >= 15 is 0 Å². The van der Waals surface area contributed by atoms with Gasteiger partial charge in [0.15, 0.2) is 0 Å². The van der Waals surface area contributed by atoms with E-state index in [1.165, 1.54) is 12.8 Å². The van der Waals surface area contributed by atoms with Crippen molar-refractivity contribution in [2.45, 2.75) is 51.2 Å². The molecule has 0 amide bonds. The fraction of sp³-hybridized carbons (Fsp3) is 0.667. The zero-order valence-corrected chi connectivity index (χ0v) is 12.1. The Bertz CT molecular complexity index is 396. The molecule has 1 heterocycles. The van der Waals surface area contributed by atoms with E-state index in [4.69, 9.17) is 10.6 Å². The van der Waals surface area contributed by atoms with Crippen LogP contribution in [0.4, 0.5) is 0 Å².